The minimum absolute atomic E-state index is 0.155. The Labute approximate surface area is 133 Å². The molecule has 1 aromatic rings. The maximum absolute atomic E-state index is 13.0. The van der Waals surface area contributed by atoms with Crippen LogP contribution in [0.25, 0.3) is 0 Å². The molecule has 0 radical (unpaired) electrons. The molecule has 1 aliphatic rings. The molecule has 0 heterocycles. The van der Waals surface area contributed by atoms with Crippen molar-refractivity contribution >= 4 is 23.4 Å². The van der Waals surface area contributed by atoms with E-state index < -0.39 is 0 Å². The van der Waals surface area contributed by atoms with Crippen LogP contribution in [-0.4, -0.2) is 12.2 Å². The van der Waals surface area contributed by atoms with Gasteiger partial charge in [-0.2, -0.15) is 0 Å². The van der Waals surface area contributed by atoms with Crippen molar-refractivity contribution in [3.8, 4) is 0 Å². The lowest BCUT2D eigenvalue weighted by atomic mass is 9.68. The average molecular weight is 305 g/mol. The Morgan fingerprint density at radius 2 is 1.90 bits per heavy atom. The first-order chi connectivity index (χ1) is 10.1. The summed E-state index contributed by atoms with van der Waals surface area (Å²) in [7, 11) is 0. The van der Waals surface area contributed by atoms with Crippen molar-refractivity contribution in [1.82, 2.24) is 0 Å². The summed E-state index contributed by atoms with van der Waals surface area (Å²) in [6.45, 7) is 4.44. The lowest BCUT2D eigenvalue weighted by Crippen LogP contribution is -2.39. The molecule has 0 atom stereocenters. The number of carbonyl (C=O) groups is 1. The highest BCUT2D eigenvalue weighted by Gasteiger charge is 2.39. The highest BCUT2D eigenvalue weighted by atomic mass is 32.2. The van der Waals surface area contributed by atoms with Crippen LogP contribution in [0, 0.1) is 11.3 Å². The van der Waals surface area contributed by atoms with Crippen LogP contribution < -0.4 is 5.32 Å². The fourth-order valence-electron chi connectivity index (χ4n) is 3.54. The number of benzene rings is 1. The molecule has 1 N–H and O–H groups in total. The zero-order valence-corrected chi connectivity index (χ0v) is 14.3. The van der Waals surface area contributed by atoms with E-state index in [1.54, 1.807) is 11.8 Å². The molecule has 1 amide bonds. The Hall–Kier alpha value is -0.960. The predicted molar refractivity (Wildman–Crippen MR) is 91.8 cm³/mol. The summed E-state index contributed by atoms with van der Waals surface area (Å²) < 4.78 is 0. The van der Waals surface area contributed by atoms with Crippen molar-refractivity contribution < 1.29 is 4.79 Å². The van der Waals surface area contributed by atoms with Gasteiger partial charge in [0, 0.05) is 10.3 Å². The van der Waals surface area contributed by atoms with Crippen LogP contribution in [0.2, 0.25) is 0 Å². The molecular formula is C18H27NOS. The molecule has 2 nitrogen and oxygen atoms in total. The molecule has 0 bridgehead atoms. The van der Waals surface area contributed by atoms with Gasteiger partial charge in [0.1, 0.15) is 0 Å². The average Bonchev–Trinajstić information content (AvgIpc) is 2.48. The topological polar surface area (TPSA) is 29.1 Å². The van der Waals surface area contributed by atoms with Gasteiger partial charge in [-0.25, -0.2) is 0 Å². The number of carbonyl (C=O) groups excluding carboxylic acids is 1. The van der Waals surface area contributed by atoms with E-state index >= 15 is 0 Å². The Morgan fingerprint density at radius 1 is 1.24 bits per heavy atom. The molecule has 0 saturated heterocycles. The number of thioether (sulfide) groups is 1. The van der Waals surface area contributed by atoms with Crippen molar-refractivity contribution in [2.75, 3.05) is 11.6 Å². The van der Waals surface area contributed by atoms with Crippen molar-refractivity contribution in [3.05, 3.63) is 24.3 Å². The van der Waals surface area contributed by atoms with Crippen molar-refractivity contribution in [2.24, 2.45) is 11.3 Å². The fourth-order valence-corrected chi connectivity index (χ4v) is 4.09. The normalized spacial score (nSPS) is 17.7. The SMILES string of the molecule is CSc1ccccc1NC(=O)C1(CC(C)C)CCCCC1. The lowest BCUT2D eigenvalue weighted by molar-refractivity contribution is -0.128. The van der Waals surface area contributed by atoms with E-state index in [-0.39, 0.29) is 11.3 Å². The Bertz CT molecular complexity index is 478. The second-order valence-electron chi connectivity index (χ2n) is 6.59. The standard InChI is InChI=1S/C18H27NOS/c1-14(2)13-18(11-7-4-8-12-18)17(20)19-15-9-5-6-10-16(15)21-3/h5-6,9-10,14H,4,7-8,11-13H2,1-3H3,(H,19,20). The quantitative estimate of drug-likeness (QED) is 0.744. The summed E-state index contributed by atoms with van der Waals surface area (Å²) in [5, 5.41) is 3.22. The molecule has 1 aliphatic carbocycles. The van der Waals surface area contributed by atoms with Gasteiger partial charge in [0.15, 0.2) is 0 Å². The summed E-state index contributed by atoms with van der Waals surface area (Å²) in [6, 6.07) is 8.09. The third-order valence-electron chi connectivity index (χ3n) is 4.45. The zero-order chi connectivity index (χ0) is 15.3. The molecule has 21 heavy (non-hydrogen) atoms. The van der Waals surface area contributed by atoms with Crippen molar-refractivity contribution in [2.45, 2.75) is 57.3 Å². The van der Waals surface area contributed by atoms with Gasteiger partial charge in [0.25, 0.3) is 0 Å². The number of hydrogen-bond acceptors (Lipinski definition) is 2. The fraction of sp³-hybridized carbons (Fsp3) is 0.611. The van der Waals surface area contributed by atoms with Gasteiger partial charge in [-0.3, -0.25) is 4.79 Å². The molecule has 0 spiro atoms. The first-order valence-corrected chi connectivity index (χ1v) is 9.24. The second kappa shape index (κ2) is 7.35. The van der Waals surface area contributed by atoms with Crippen LogP contribution in [-0.2, 0) is 4.79 Å². The number of hydrogen-bond donors (Lipinski definition) is 1. The number of anilines is 1. The van der Waals surface area contributed by atoms with E-state index in [0.29, 0.717) is 5.92 Å². The van der Waals surface area contributed by atoms with Crippen LogP contribution in [0.3, 0.4) is 0 Å². The molecular weight excluding hydrogens is 278 g/mol. The Kier molecular flexibility index (Phi) is 5.74. The van der Waals surface area contributed by atoms with Crippen molar-refractivity contribution in [3.63, 3.8) is 0 Å². The van der Waals surface area contributed by atoms with E-state index in [1.165, 1.54) is 19.3 Å². The molecule has 0 unspecified atom stereocenters. The molecule has 1 aromatic carbocycles. The molecule has 0 aliphatic heterocycles. The third-order valence-corrected chi connectivity index (χ3v) is 5.24. The van der Waals surface area contributed by atoms with Gasteiger partial charge in [0.2, 0.25) is 5.91 Å². The summed E-state index contributed by atoms with van der Waals surface area (Å²) in [4.78, 5) is 14.1. The predicted octanol–water partition coefficient (Wildman–Crippen LogP) is 5.34. The number of rotatable bonds is 5. The largest absolute Gasteiger partial charge is 0.325 e. The highest BCUT2D eigenvalue weighted by Crippen LogP contribution is 2.42. The minimum Gasteiger partial charge on any atom is -0.325 e. The molecule has 1 fully saturated rings. The first-order valence-electron chi connectivity index (χ1n) is 8.02. The van der Waals surface area contributed by atoms with Crippen LogP contribution in [0.15, 0.2) is 29.2 Å². The maximum Gasteiger partial charge on any atom is 0.230 e. The smallest absolute Gasteiger partial charge is 0.230 e. The third kappa shape index (κ3) is 4.03. The summed E-state index contributed by atoms with van der Waals surface area (Å²) in [5.74, 6) is 0.794. The van der Waals surface area contributed by atoms with E-state index in [9.17, 15) is 4.79 Å². The van der Waals surface area contributed by atoms with Crippen LogP contribution in [0.1, 0.15) is 52.4 Å². The van der Waals surface area contributed by atoms with E-state index in [4.69, 9.17) is 0 Å². The van der Waals surface area contributed by atoms with E-state index in [1.807, 2.05) is 18.2 Å². The zero-order valence-electron chi connectivity index (χ0n) is 13.4. The molecule has 0 aromatic heterocycles. The summed E-state index contributed by atoms with van der Waals surface area (Å²) in [5.41, 5.74) is 0.807. The monoisotopic (exact) mass is 305 g/mol. The van der Waals surface area contributed by atoms with Crippen LogP contribution in [0.5, 0.6) is 0 Å². The van der Waals surface area contributed by atoms with Gasteiger partial charge in [-0.15, -0.1) is 11.8 Å². The van der Waals surface area contributed by atoms with Crippen molar-refractivity contribution in [1.29, 1.82) is 0 Å². The van der Waals surface area contributed by atoms with E-state index in [0.717, 1.165) is 29.8 Å². The molecule has 3 heteroatoms. The van der Waals surface area contributed by atoms with E-state index in [2.05, 4.69) is 31.5 Å². The van der Waals surface area contributed by atoms with Crippen LogP contribution >= 0.6 is 11.8 Å². The maximum atomic E-state index is 13.0. The second-order valence-corrected chi connectivity index (χ2v) is 7.44. The number of amides is 1. The highest BCUT2D eigenvalue weighted by molar-refractivity contribution is 7.98. The van der Waals surface area contributed by atoms with Gasteiger partial charge < -0.3 is 5.32 Å². The van der Waals surface area contributed by atoms with Gasteiger partial charge in [0.05, 0.1) is 5.69 Å². The van der Waals surface area contributed by atoms with Gasteiger partial charge >= 0.3 is 0 Å². The van der Waals surface area contributed by atoms with Gasteiger partial charge in [-0.05, 0) is 43.6 Å². The molecule has 1 saturated carbocycles. The summed E-state index contributed by atoms with van der Waals surface area (Å²) >= 11 is 1.68. The van der Waals surface area contributed by atoms with Crippen LogP contribution in [0.4, 0.5) is 5.69 Å². The lowest BCUT2D eigenvalue weighted by Gasteiger charge is -2.37. The number of para-hydroxylation sites is 1. The Morgan fingerprint density at radius 3 is 2.52 bits per heavy atom. The van der Waals surface area contributed by atoms with Gasteiger partial charge in [-0.1, -0.05) is 45.2 Å². The first kappa shape index (κ1) is 16.4. The number of nitrogens with one attached hydrogen (secondary N) is 1. The summed E-state index contributed by atoms with van der Waals surface area (Å²) in [6.07, 6.45) is 8.77. The molecule has 2 rings (SSSR count). The molecule has 116 valence electrons. The Balaban J connectivity index is 2.18. The minimum atomic E-state index is -0.155.